The van der Waals surface area contributed by atoms with Crippen LogP contribution in [0, 0.1) is 17.8 Å². The summed E-state index contributed by atoms with van der Waals surface area (Å²) in [7, 11) is 4.74. The molecule has 4 aromatic rings. The van der Waals surface area contributed by atoms with E-state index in [0.29, 0.717) is 25.8 Å². The normalized spacial score (nSPS) is 17.9. The summed E-state index contributed by atoms with van der Waals surface area (Å²) < 4.78 is 17.9. The fourth-order valence-electron chi connectivity index (χ4n) is 10.6. The number of thiazole rings is 1. The molecule has 1 aliphatic carbocycles. The molecule has 14 heteroatoms. The first-order chi connectivity index (χ1) is 33.3. The van der Waals surface area contributed by atoms with Crippen molar-refractivity contribution < 1.29 is 43.3 Å². The number of aromatic nitrogens is 1. The third-order valence-electron chi connectivity index (χ3n) is 14.9. The minimum absolute atomic E-state index is 0.0465. The van der Waals surface area contributed by atoms with Crippen LogP contribution < -0.4 is 5.32 Å². The van der Waals surface area contributed by atoms with E-state index in [0.717, 1.165) is 39.2 Å². The summed E-state index contributed by atoms with van der Waals surface area (Å²) in [5.74, 6) is -3.22. The predicted molar refractivity (Wildman–Crippen MR) is 272 cm³/mol. The number of carbonyl (C=O) groups excluding carboxylic acids is 5. The molecule has 8 atom stereocenters. The summed E-state index contributed by atoms with van der Waals surface area (Å²) >= 11 is 1.55. The van der Waals surface area contributed by atoms with Gasteiger partial charge in [0, 0.05) is 70.0 Å². The zero-order valence-electron chi connectivity index (χ0n) is 42.7. The van der Waals surface area contributed by atoms with Crippen molar-refractivity contribution in [1.82, 2.24) is 20.1 Å². The predicted octanol–water partition coefficient (Wildman–Crippen LogP) is 9.01. The molecule has 13 nitrogen and oxygen atoms in total. The molecule has 378 valence electrons. The maximum Gasteiger partial charge on any atom is 0.407 e. The fraction of sp³-hybridized carbons (Fsp3) is 0.536. The van der Waals surface area contributed by atoms with Gasteiger partial charge in [0.1, 0.15) is 12.4 Å². The zero-order valence-corrected chi connectivity index (χ0v) is 43.5. The van der Waals surface area contributed by atoms with Gasteiger partial charge in [0.15, 0.2) is 5.78 Å². The Morgan fingerprint density at radius 1 is 0.886 bits per heavy atom. The van der Waals surface area contributed by atoms with Crippen molar-refractivity contribution in [2.75, 3.05) is 34.4 Å². The van der Waals surface area contributed by atoms with E-state index in [9.17, 15) is 29.1 Å². The van der Waals surface area contributed by atoms with Crippen LogP contribution >= 0.6 is 11.3 Å². The average molecular weight is 979 g/mol. The minimum Gasteiger partial charge on any atom is -0.449 e. The van der Waals surface area contributed by atoms with Crippen molar-refractivity contribution in [3.8, 4) is 11.1 Å². The van der Waals surface area contributed by atoms with Crippen LogP contribution in [0.1, 0.15) is 121 Å². The molecule has 0 radical (unpaired) electrons. The van der Waals surface area contributed by atoms with Gasteiger partial charge in [-0.05, 0) is 80.7 Å². The molecule has 2 heterocycles. The average Bonchev–Trinajstić information content (AvgIpc) is 4.12. The van der Waals surface area contributed by atoms with E-state index in [1.165, 1.54) is 25.9 Å². The first-order valence-electron chi connectivity index (χ1n) is 24.8. The third kappa shape index (κ3) is 12.6. The van der Waals surface area contributed by atoms with Gasteiger partial charge in [-0.2, -0.15) is 0 Å². The van der Waals surface area contributed by atoms with Crippen molar-refractivity contribution in [1.29, 1.82) is 0 Å². The Balaban J connectivity index is 1.10. The number of fused-ring (bicyclic) bond motifs is 3. The van der Waals surface area contributed by atoms with Crippen LogP contribution in [0.5, 0.6) is 0 Å². The number of carbonyl (C=O) groups is 5. The molecule has 70 heavy (non-hydrogen) atoms. The number of ketones is 2. The Labute approximate surface area is 418 Å². The number of Topliss-reactive ketones (excluding diaryl/α,β-unsaturated/α-hetero) is 2. The van der Waals surface area contributed by atoms with Crippen LogP contribution in [-0.4, -0.2) is 119 Å². The van der Waals surface area contributed by atoms with Crippen LogP contribution in [0.3, 0.4) is 0 Å². The number of amides is 3. The maximum absolute atomic E-state index is 14.7. The molecule has 3 amide bonds. The second-order valence-electron chi connectivity index (χ2n) is 20.4. The van der Waals surface area contributed by atoms with Gasteiger partial charge in [-0.15, -0.1) is 11.3 Å². The Kier molecular flexibility index (Phi) is 18.3. The molecule has 0 spiro atoms. The van der Waals surface area contributed by atoms with E-state index in [2.05, 4.69) is 34.6 Å². The summed E-state index contributed by atoms with van der Waals surface area (Å²) in [5, 5.41) is 17.1. The van der Waals surface area contributed by atoms with Gasteiger partial charge >= 0.3 is 6.09 Å². The highest BCUT2D eigenvalue weighted by Gasteiger charge is 2.46. The molecule has 3 aromatic carbocycles. The number of methoxy groups -OCH3 is 2. The number of aliphatic hydroxyl groups is 1. The maximum atomic E-state index is 14.7. The molecule has 1 aliphatic heterocycles. The van der Waals surface area contributed by atoms with Gasteiger partial charge in [-0.1, -0.05) is 106 Å². The fourth-order valence-corrected chi connectivity index (χ4v) is 11.4. The van der Waals surface area contributed by atoms with Crippen LogP contribution in [-0.2, 0) is 39.8 Å². The number of alkyl carbamates (subject to hydrolysis) is 1. The molecule has 0 bridgehead atoms. The number of hydrogen-bond donors (Lipinski definition) is 2. The minimum atomic E-state index is -1.65. The van der Waals surface area contributed by atoms with Gasteiger partial charge in [0.05, 0.1) is 52.8 Å². The van der Waals surface area contributed by atoms with Gasteiger partial charge in [-0.25, -0.2) is 9.78 Å². The summed E-state index contributed by atoms with van der Waals surface area (Å²) in [6.45, 7) is 12.5. The summed E-state index contributed by atoms with van der Waals surface area (Å²) in [6.07, 6.45) is 2.28. The van der Waals surface area contributed by atoms with Gasteiger partial charge in [-0.3, -0.25) is 19.2 Å². The Morgan fingerprint density at radius 3 is 2.09 bits per heavy atom. The van der Waals surface area contributed by atoms with Crippen molar-refractivity contribution in [3.63, 3.8) is 0 Å². The number of rotatable bonds is 24. The van der Waals surface area contributed by atoms with Crippen molar-refractivity contribution in [3.05, 3.63) is 112 Å². The number of hydrogen-bond acceptors (Lipinski definition) is 11. The summed E-state index contributed by atoms with van der Waals surface area (Å²) in [4.78, 5) is 78.8. The van der Waals surface area contributed by atoms with Crippen LogP contribution in [0.15, 0.2) is 90.4 Å². The molecule has 6 rings (SSSR count). The van der Waals surface area contributed by atoms with Crippen LogP contribution in [0.25, 0.3) is 11.1 Å². The standard InChI is InChI=1S/C56H74N4O9S/c1-11-35(2)50(47(67-9)33-49(63)60-28-19-26-45(60)51(68-10)36(3)46(61)31-38(52-57-27-29-70-52)30-37-20-13-12-14-21-37)59(8)53(64)44(56(6,7)66)32-48(62)55(4,5)58-54(65)69-34-43-41-24-17-15-22-39(41)40-23-16-18-25-42(40)43/h12-18,20-25,27,29,35-36,38,43-45,47,50-51,66H,11,19,26,28,30-34H2,1-10H3,(H,58,65)/t35-,36-,38+,44+,45-,47+,50-,51+/m0/s1. The number of likely N-dealkylation sites (tertiary alicyclic amines) is 1. The first kappa shape index (κ1) is 54.1. The van der Waals surface area contributed by atoms with E-state index in [1.54, 1.807) is 45.5 Å². The van der Waals surface area contributed by atoms with Crippen LogP contribution in [0.4, 0.5) is 4.79 Å². The van der Waals surface area contributed by atoms with Crippen molar-refractivity contribution in [2.45, 2.75) is 141 Å². The number of benzene rings is 3. The monoisotopic (exact) mass is 979 g/mol. The van der Waals surface area contributed by atoms with E-state index in [4.69, 9.17) is 14.2 Å². The summed E-state index contributed by atoms with van der Waals surface area (Å²) in [5.41, 5.74) is 2.33. The lowest BCUT2D eigenvalue weighted by Gasteiger charge is -2.42. The molecule has 1 fully saturated rings. The Bertz CT molecular complexity index is 2360. The van der Waals surface area contributed by atoms with E-state index in [1.807, 2.05) is 85.6 Å². The van der Waals surface area contributed by atoms with Crippen molar-refractivity contribution >= 4 is 40.8 Å². The number of nitrogens with one attached hydrogen (secondary N) is 1. The third-order valence-corrected chi connectivity index (χ3v) is 15.9. The van der Waals surface area contributed by atoms with Gasteiger partial charge in [0.25, 0.3) is 0 Å². The second kappa shape index (κ2) is 23.8. The highest BCUT2D eigenvalue weighted by atomic mass is 32.1. The molecular weight excluding hydrogens is 905 g/mol. The molecule has 1 aromatic heterocycles. The lowest BCUT2D eigenvalue weighted by Crippen LogP contribution is -2.57. The molecule has 0 unspecified atom stereocenters. The first-order valence-corrected chi connectivity index (χ1v) is 25.7. The largest absolute Gasteiger partial charge is 0.449 e. The second-order valence-corrected chi connectivity index (χ2v) is 21.4. The molecule has 2 N–H and O–H groups in total. The number of nitrogens with zero attached hydrogens (tertiary/aromatic N) is 3. The Morgan fingerprint density at radius 2 is 1.51 bits per heavy atom. The molecule has 0 saturated carbocycles. The highest BCUT2D eigenvalue weighted by Crippen LogP contribution is 2.44. The quantitative estimate of drug-likeness (QED) is 0.0693. The lowest BCUT2D eigenvalue weighted by atomic mass is 9.80. The smallest absolute Gasteiger partial charge is 0.407 e. The van der Waals surface area contributed by atoms with Gasteiger partial charge in [0.2, 0.25) is 11.8 Å². The topological polar surface area (TPSA) is 165 Å². The molecule has 1 saturated heterocycles. The van der Waals surface area contributed by atoms with E-state index < -0.39 is 59.0 Å². The van der Waals surface area contributed by atoms with Crippen LogP contribution in [0.2, 0.25) is 0 Å². The highest BCUT2D eigenvalue weighted by molar-refractivity contribution is 7.09. The Hall–Kier alpha value is -5.28. The SMILES string of the molecule is CC[C@H](C)[C@@H]([C@@H](CC(=O)N1CCC[C@H]1[C@H](OC)[C@@H](C)C(=O)C[C@@H](Cc1ccccc1)c1nccs1)OC)N(C)C(=O)[C@@H](CC(=O)C(C)(C)NC(=O)OCC1c2ccccc2-c2ccccc21)C(C)(C)O. The molecular formula is C56H74N4O9S. The zero-order chi connectivity index (χ0) is 50.9. The van der Waals surface area contributed by atoms with Gasteiger partial charge < -0.3 is 34.4 Å². The molecule has 2 aliphatic rings. The van der Waals surface area contributed by atoms with E-state index >= 15 is 0 Å². The van der Waals surface area contributed by atoms with E-state index in [-0.39, 0.29) is 61.4 Å². The number of ether oxygens (including phenoxy) is 3. The van der Waals surface area contributed by atoms with Crippen molar-refractivity contribution in [2.24, 2.45) is 17.8 Å². The summed E-state index contributed by atoms with van der Waals surface area (Å²) in [6, 6.07) is 25.2. The lowest BCUT2D eigenvalue weighted by molar-refractivity contribution is -0.154. The number of likely N-dealkylation sites (N-methyl/N-ethyl adjacent to an activating group) is 1.